The number of ether oxygens (including phenoxy) is 2. The number of thiazole rings is 1. The average molecular weight is 585 g/mol. The number of amides is 2. The Morgan fingerprint density at radius 2 is 1.81 bits per heavy atom. The van der Waals surface area contributed by atoms with Crippen molar-refractivity contribution in [2.45, 2.75) is 76.5 Å². The Hall–Kier alpha value is -3.98. The maximum atomic E-state index is 13.8. The van der Waals surface area contributed by atoms with Gasteiger partial charge in [-0.05, 0) is 101 Å². The number of pyridine rings is 1. The summed E-state index contributed by atoms with van der Waals surface area (Å²) >= 11 is 1.59. The summed E-state index contributed by atoms with van der Waals surface area (Å²) in [6.45, 7) is 7.77. The first-order valence-electron chi connectivity index (χ1n) is 14.4. The van der Waals surface area contributed by atoms with Crippen molar-refractivity contribution < 1.29 is 19.1 Å². The smallest absolute Gasteiger partial charge is 0.408 e. The van der Waals surface area contributed by atoms with Crippen LogP contribution in [-0.2, 0) is 10.3 Å². The molecule has 2 aromatic carbocycles. The van der Waals surface area contributed by atoms with Crippen molar-refractivity contribution in [3.05, 3.63) is 76.9 Å². The Kier molecular flexibility index (Phi) is 7.17. The third-order valence-electron chi connectivity index (χ3n) is 8.06. The summed E-state index contributed by atoms with van der Waals surface area (Å²) in [4.78, 5) is 35.3. The minimum atomic E-state index is -0.570. The highest BCUT2D eigenvalue weighted by molar-refractivity contribution is 7.13. The van der Waals surface area contributed by atoms with Crippen LogP contribution < -0.4 is 15.4 Å². The SMILES string of the molecule is Cc1ccc(OCC2(NC(=O)OC(C)(C)C)CCC2)cc1C(=O)NC1(c2cc(-c3nccs3)cc3ncccc23)CC1. The summed E-state index contributed by atoms with van der Waals surface area (Å²) in [5.74, 6) is 0.450. The summed E-state index contributed by atoms with van der Waals surface area (Å²) in [7, 11) is 0. The van der Waals surface area contributed by atoms with Gasteiger partial charge in [-0.15, -0.1) is 11.3 Å². The van der Waals surface area contributed by atoms with Gasteiger partial charge < -0.3 is 20.1 Å². The molecule has 2 amide bonds. The van der Waals surface area contributed by atoms with Crippen LogP contribution in [0, 0.1) is 6.92 Å². The minimum Gasteiger partial charge on any atom is -0.491 e. The van der Waals surface area contributed by atoms with E-state index in [4.69, 9.17) is 9.47 Å². The topological polar surface area (TPSA) is 102 Å². The first kappa shape index (κ1) is 28.2. The number of aryl methyl sites for hydroxylation is 1. The molecular formula is C33H36N4O4S. The molecule has 2 aliphatic rings. The van der Waals surface area contributed by atoms with Crippen LogP contribution in [0.1, 0.15) is 74.4 Å². The predicted molar refractivity (Wildman–Crippen MR) is 164 cm³/mol. The van der Waals surface area contributed by atoms with E-state index < -0.39 is 22.8 Å². The molecule has 0 radical (unpaired) electrons. The molecule has 8 nitrogen and oxygen atoms in total. The zero-order chi connectivity index (χ0) is 29.5. The molecule has 2 heterocycles. The fourth-order valence-corrected chi connectivity index (χ4v) is 6.15. The van der Waals surface area contributed by atoms with E-state index in [0.717, 1.165) is 64.7 Å². The largest absolute Gasteiger partial charge is 0.491 e. The van der Waals surface area contributed by atoms with E-state index in [-0.39, 0.29) is 5.91 Å². The number of carbonyl (C=O) groups excluding carboxylic acids is 2. The first-order chi connectivity index (χ1) is 20.0. The van der Waals surface area contributed by atoms with Gasteiger partial charge in [0.2, 0.25) is 0 Å². The molecule has 9 heteroatoms. The number of aromatic nitrogens is 2. The Morgan fingerprint density at radius 1 is 1.00 bits per heavy atom. The molecule has 218 valence electrons. The van der Waals surface area contributed by atoms with Crippen LogP contribution in [0.5, 0.6) is 5.75 Å². The number of hydrogen-bond donors (Lipinski definition) is 2. The van der Waals surface area contributed by atoms with Gasteiger partial charge in [0.25, 0.3) is 5.91 Å². The Balaban J connectivity index is 1.20. The maximum Gasteiger partial charge on any atom is 0.408 e. The lowest BCUT2D eigenvalue weighted by atomic mass is 9.77. The van der Waals surface area contributed by atoms with Gasteiger partial charge in [0, 0.05) is 34.3 Å². The van der Waals surface area contributed by atoms with E-state index >= 15 is 0 Å². The van der Waals surface area contributed by atoms with Crippen molar-refractivity contribution in [2.75, 3.05) is 6.61 Å². The van der Waals surface area contributed by atoms with Crippen molar-refractivity contribution in [2.24, 2.45) is 0 Å². The third-order valence-corrected chi connectivity index (χ3v) is 8.89. The van der Waals surface area contributed by atoms with E-state index in [1.807, 2.05) is 51.3 Å². The van der Waals surface area contributed by atoms with Gasteiger partial charge in [0.1, 0.15) is 23.0 Å². The van der Waals surface area contributed by atoms with Crippen LogP contribution in [0.3, 0.4) is 0 Å². The number of nitrogens with one attached hydrogen (secondary N) is 2. The Bertz CT molecular complexity index is 1640. The molecule has 2 N–H and O–H groups in total. The molecule has 0 saturated heterocycles. The molecule has 0 unspecified atom stereocenters. The van der Waals surface area contributed by atoms with Gasteiger partial charge in [-0.1, -0.05) is 12.1 Å². The summed E-state index contributed by atoms with van der Waals surface area (Å²) in [5.41, 5.74) is 2.88. The third kappa shape index (κ3) is 5.83. The molecule has 2 aliphatic carbocycles. The van der Waals surface area contributed by atoms with Crippen LogP contribution in [-0.4, -0.2) is 39.7 Å². The van der Waals surface area contributed by atoms with Crippen LogP contribution in [0.2, 0.25) is 0 Å². The van der Waals surface area contributed by atoms with Gasteiger partial charge in [-0.2, -0.15) is 0 Å². The minimum absolute atomic E-state index is 0.141. The second-order valence-corrected chi connectivity index (χ2v) is 13.4. The molecule has 42 heavy (non-hydrogen) atoms. The number of nitrogens with zero attached hydrogens (tertiary/aromatic N) is 2. The van der Waals surface area contributed by atoms with Gasteiger partial charge in [-0.25, -0.2) is 9.78 Å². The van der Waals surface area contributed by atoms with E-state index in [1.54, 1.807) is 29.8 Å². The van der Waals surface area contributed by atoms with Crippen molar-refractivity contribution in [1.29, 1.82) is 0 Å². The van der Waals surface area contributed by atoms with Crippen LogP contribution in [0.4, 0.5) is 4.79 Å². The predicted octanol–water partition coefficient (Wildman–Crippen LogP) is 6.91. The number of hydrogen-bond acceptors (Lipinski definition) is 7. The van der Waals surface area contributed by atoms with Crippen LogP contribution in [0.15, 0.2) is 60.2 Å². The van der Waals surface area contributed by atoms with Crippen LogP contribution in [0.25, 0.3) is 21.5 Å². The molecule has 0 spiro atoms. The monoisotopic (exact) mass is 584 g/mol. The normalized spacial score (nSPS) is 16.8. The lowest BCUT2D eigenvalue weighted by molar-refractivity contribution is 0.0294. The molecule has 6 rings (SSSR count). The summed E-state index contributed by atoms with van der Waals surface area (Å²) in [6.07, 6.45) is 7.49. The van der Waals surface area contributed by atoms with Crippen molar-refractivity contribution in [3.8, 4) is 16.3 Å². The quantitative estimate of drug-likeness (QED) is 0.233. The van der Waals surface area contributed by atoms with Gasteiger partial charge in [0.15, 0.2) is 0 Å². The highest BCUT2D eigenvalue weighted by Crippen LogP contribution is 2.49. The van der Waals surface area contributed by atoms with E-state index in [1.165, 1.54) is 0 Å². The maximum absolute atomic E-state index is 13.8. The van der Waals surface area contributed by atoms with Crippen molar-refractivity contribution in [1.82, 2.24) is 20.6 Å². The molecule has 0 atom stereocenters. The fraction of sp³-hybridized carbons (Fsp3) is 0.394. The molecule has 0 aliphatic heterocycles. The molecule has 0 bridgehead atoms. The second kappa shape index (κ2) is 10.7. The molecule has 2 aromatic heterocycles. The average Bonchev–Trinajstić information content (AvgIpc) is 3.48. The Morgan fingerprint density at radius 3 is 2.48 bits per heavy atom. The summed E-state index contributed by atoms with van der Waals surface area (Å²) in [6, 6.07) is 13.8. The van der Waals surface area contributed by atoms with E-state index in [9.17, 15) is 9.59 Å². The molecule has 2 saturated carbocycles. The highest BCUT2D eigenvalue weighted by Gasteiger charge is 2.47. The Labute approximate surface area is 249 Å². The molecule has 2 fully saturated rings. The van der Waals surface area contributed by atoms with Gasteiger partial charge >= 0.3 is 6.09 Å². The van der Waals surface area contributed by atoms with E-state index in [2.05, 4.69) is 38.8 Å². The highest BCUT2D eigenvalue weighted by atomic mass is 32.1. The van der Waals surface area contributed by atoms with Crippen molar-refractivity contribution >= 4 is 34.2 Å². The first-order valence-corrected chi connectivity index (χ1v) is 15.3. The lowest BCUT2D eigenvalue weighted by Gasteiger charge is -2.42. The summed E-state index contributed by atoms with van der Waals surface area (Å²) < 4.78 is 11.6. The second-order valence-electron chi connectivity index (χ2n) is 12.5. The van der Waals surface area contributed by atoms with Gasteiger partial charge in [0.05, 0.1) is 16.6 Å². The van der Waals surface area contributed by atoms with Crippen LogP contribution >= 0.6 is 11.3 Å². The lowest BCUT2D eigenvalue weighted by Crippen LogP contribution is -2.58. The number of alkyl carbamates (subject to hydrolysis) is 1. The molecule has 4 aromatic rings. The number of rotatable bonds is 8. The number of fused-ring (bicyclic) bond motifs is 1. The standard InChI is InChI=1S/C33H36N4O4S/c1-21-8-9-23(40-20-32(10-6-11-32)37-30(39)41-31(2,3)4)19-25(21)28(38)36-33(12-13-33)26-17-22(29-35-15-16-42-29)18-27-24(26)7-5-14-34-27/h5,7-9,14-19H,6,10-13,20H2,1-4H3,(H,36,38)(H,37,39). The molecular weight excluding hydrogens is 548 g/mol. The van der Waals surface area contributed by atoms with Crippen molar-refractivity contribution in [3.63, 3.8) is 0 Å². The number of carbonyl (C=O) groups is 2. The van der Waals surface area contributed by atoms with E-state index in [0.29, 0.717) is 17.9 Å². The summed E-state index contributed by atoms with van der Waals surface area (Å²) in [5, 5.41) is 10.3. The van der Waals surface area contributed by atoms with Gasteiger partial charge in [-0.3, -0.25) is 9.78 Å². The zero-order valence-electron chi connectivity index (χ0n) is 24.5. The zero-order valence-corrected chi connectivity index (χ0v) is 25.3. The fourth-order valence-electron chi connectivity index (χ4n) is 5.53. The number of benzene rings is 2.